The highest BCUT2D eigenvalue weighted by Gasteiger charge is 2.50. The molecule has 0 amide bonds. The van der Waals surface area contributed by atoms with E-state index in [9.17, 15) is 45.6 Å². The van der Waals surface area contributed by atoms with Crippen LogP contribution in [-0.2, 0) is 14.2 Å². The van der Waals surface area contributed by atoms with Crippen molar-refractivity contribution in [1.29, 1.82) is 0 Å². The third-order valence-electron chi connectivity index (χ3n) is 7.17. The SMILES string of the molecule is CC1O[C@@H](O[C@H]2C(O)[C@@H](O)C(C)O[C@H]2Oc2c(-c3ccc(O)cc3)oc3cc(O)cc(O)c3c2=O)[C@@H](O)C(O)[C@H]1O. The molecule has 14 nitrogen and oxygen atoms in total. The first kappa shape index (κ1) is 29.0. The summed E-state index contributed by atoms with van der Waals surface area (Å²) in [5, 5.41) is 81.8. The van der Waals surface area contributed by atoms with E-state index in [1.165, 1.54) is 38.1 Å². The Morgan fingerprint density at radius 1 is 0.732 bits per heavy atom. The number of rotatable bonds is 5. The third kappa shape index (κ3) is 5.31. The molecule has 3 aromatic rings. The number of ether oxygens (including phenoxy) is 4. The zero-order valence-electron chi connectivity index (χ0n) is 21.8. The molecule has 2 aliphatic heterocycles. The van der Waals surface area contributed by atoms with Crippen molar-refractivity contribution in [3.63, 3.8) is 0 Å². The van der Waals surface area contributed by atoms with Crippen LogP contribution in [0.5, 0.6) is 23.0 Å². The van der Waals surface area contributed by atoms with Gasteiger partial charge in [0.25, 0.3) is 0 Å². The van der Waals surface area contributed by atoms with E-state index in [0.717, 1.165) is 12.1 Å². The first-order valence-corrected chi connectivity index (χ1v) is 12.7. The fraction of sp³-hybridized carbons (Fsp3) is 0.444. The summed E-state index contributed by atoms with van der Waals surface area (Å²) in [6.07, 6.45) is -15.0. The summed E-state index contributed by atoms with van der Waals surface area (Å²) < 4.78 is 28.7. The van der Waals surface area contributed by atoms with E-state index >= 15 is 0 Å². The maximum Gasteiger partial charge on any atom is 0.239 e. The molecule has 2 aromatic carbocycles. The normalized spacial score (nSPS) is 34.0. The lowest BCUT2D eigenvalue weighted by molar-refractivity contribution is -0.352. The summed E-state index contributed by atoms with van der Waals surface area (Å²) in [6.45, 7) is 2.84. The summed E-state index contributed by atoms with van der Waals surface area (Å²) in [5.41, 5.74) is -0.855. The predicted octanol–water partition coefficient (Wildman–Crippen LogP) is -0.365. The molecule has 0 aliphatic carbocycles. The van der Waals surface area contributed by atoms with Gasteiger partial charge in [0.15, 0.2) is 18.2 Å². The Kier molecular flexibility index (Phi) is 7.84. The van der Waals surface area contributed by atoms with Crippen molar-refractivity contribution in [3.05, 3.63) is 46.6 Å². The second-order valence-corrected chi connectivity index (χ2v) is 10.1. The van der Waals surface area contributed by atoms with Gasteiger partial charge in [-0.15, -0.1) is 0 Å². The highest BCUT2D eigenvalue weighted by molar-refractivity contribution is 5.88. The van der Waals surface area contributed by atoms with Gasteiger partial charge in [-0.2, -0.15) is 0 Å². The quantitative estimate of drug-likeness (QED) is 0.193. The molecule has 2 saturated heterocycles. The minimum atomic E-state index is -1.77. The molecule has 4 unspecified atom stereocenters. The van der Waals surface area contributed by atoms with Crippen molar-refractivity contribution >= 4 is 11.0 Å². The van der Waals surface area contributed by atoms with Crippen LogP contribution in [0.2, 0.25) is 0 Å². The van der Waals surface area contributed by atoms with E-state index < -0.39 is 78.3 Å². The van der Waals surface area contributed by atoms with Gasteiger partial charge in [0.1, 0.15) is 58.7 Å². The molecule has 2 fully saturated rings. The predicted molar refractivity (Wildman–Crippen MR) is 137 cm³/mol. The van der Waals surface area contributed by atoms with Crippen LogP contribution in [0.1, 0.15) is 13.8 Å². The first-order valence-electron chi connectivity index (χ1n) is 12.7. The average molecular weight is 579 g/mol. The number of fused-ring (bicyclic) bond motifs is 1. The van der Waals surface area contributed by atoms with Crippen LogP contribution >= 0.6 is 0 Å². The van der Waals surface area contributed by atoms with Gasteiger partial charge < -0.3 is 64.2 Å². The van der Waals surface area contributed by atoms with Gasteiger partial charge in [0.05, 0.1) is 12.2 Å². The lowest BCUT2D eigenvalue weighted by Crippen LogP contribution is -2.63. The Morgan fingerprint density at radius 3 is 2.00 bits per heavy atom. The summed E-state index contributed by atoms with van der Waals surface area (Å²) in [4.78, 5) is 13.7. The van der Waals surface area contributed by atoms with Gasteiger partial charge in [0.2, 0.25) is 17.5 Å². The lowest BCUT2D eigenvalue weighted by Gasteiger charge is -2.45. The molecule has 0 radical (unpaired) electrons. The van der Waals surface area contributed by atoms with Gasteiger partial charge in [-0.3, -0.25) is 4.79 Å². The largest absolute Gasteiger partial charge is 0.508 e. The molecule has 0 spiro atoms. The Labute approximate surface area is 231 Å². The number of aliphatic hydroxyl groups is 5. The number of phenols is 3. The monoisotopic (exact) mass is 578 g/mol. The zero-order valence-corrected chi connectivity index (χ0v) is 21.8. The van der Waals surface area contributed by atoms with E-state index in [-0.39, 0.29) is 33.8 Å². The van der Waals surface area contributed by atoms with Crippen LogP contribution in [0.15, 0.2) is 45.6 Å². The average Bonchev–Trinajstić information content (AvgIpc) is 2.92. The van der Waals surface area contributed by atoms with Crippen molar-refractivity contribution in [2.75, 3.05) is 0 Å². The van der Waals surface area contributed by atoms with E-state index in [1.807, 2.05) is 0 Å². The maximum absolute atomic E-state index is 13.7. The molecule has 5 rings (SSSR count). The van der Waals surface area contributed by atoms with Crippen LogP contribution in [0.3, 0.4) is 0 Å². The molecular weight excluding hydrogens is 548 g/mol. The number of aromatic hydroxyl groups is 3. The molecule has 10 atom stereocenters. The van der Waals surface area contributed by atoms with Gasteiger partial charge in [-0.05, 0) is 38.1 Å². The topological polar surface area (TPSA) is 229 Å². The third-order valence-corrected chi connectivity index (χ3v) is 7.17. The lowest BCUT2D eigenvalue weighted by atomic mass is 9.98. The van der Waals surface area contributed by atoms with E-state index in [4.69, 9.17) is 23.4 Å². The standard InChI is InChI=1S/C27H30O14/c1-9-17(31)20(34)22(36)26(37-9)41-25-21(35)18(32)10(2)38-27(25)40-24-19(33)16-14(30)7-13(29)8-15(16)39-23(24)11-3-5-12(28)6-4-11/h3-10,17-18,20-22,25-32,34-36H,1-2H3/t9?,10?,17-,18-,20?,21?,22-,25-,26-,27-/m0/s1. The van der Waals surface area contributed by atoms with Crippen LogP contribution in [0.4, 0.5) is 0 Å². The highest BCUT2D eigenvalue weighted by Crippen LogP contribution is 2.38. The Bertz CT molecular complexity index is 1460. The van der Waals surface area contributed by atoms with Gasteiger partial charge in [-0.1, -0.05) is 0 Å². The summed E-state index contributed by atoms with van der Waals surface area (Å²) in [6, 6.07) is 7.49. The molecule has 3 heterocycles. The van der Waals surface area contributed by atoms with Crippen LogP contribution in [-0.4, -0.2) is 102 Å². The molecule has 1 aromatic heterocycles. The van der Waals surface area contributed by atoms with E-state index in [0.29, 0.717) is 0 Å². The summed E-state index contributed by atoms with van der Waals surface area (Å²) in [5.74, 6) is -1.81. The van der Waals surface area contributed by atoms with Crippen molar-refractivity contribution in [2.45, 2.75) is 75.3 Å². The van der Waals surface area contributed by atoms with Gasteiger partial charge in [-0.25, -0.2) is 0 Å². The fourth-order valence-corrected chi connectivity index (χ4v) is 4.82. The minimum absolute atomic E-state index is 0.0859. The summed E-state index contributed by atoms with van der Waals surface area (Å²) in [7, 11) is 0. The molecule has 8 N–H and O–H groups in total. The molecule has 14 heteroatoms. The van der Waals surface area contributed by atoms with Crippen molar-refractivity contribution in [1.82, 2.24) is 0 Å². The zero-order chi connectivity index (χ0) is 29.7. The first-order chi connectivity index (χ1) is 19.4. The van der Waals surface area contributed by atoms with Crippen LogP contribution in [0.25, 0.3) is 22.3 Å². The Balaban J connectivity index is 1.59. The van der Waals surface area contributed by atoms with E-state index in [1.54, 1.807) is 0 Å². The van der Waals surface area contributed by atoms with Gasteiger partial charge in [0, 0.05) is 17.7 Å². The maximum atomic E-state index is 13.7. The smallest absolute Gasteiger partial charge is 0.239 e. The fourth-order valence-electron chi connectivity index (χ4n) is 4.82. The number of aliphatic hydroxyl groups excluding tert-OH is 5. The highest BCUT2D eigenvalue weighted by atomic mass is 16.8. The molecule has 41 heavy (non-hydrogen) atoms. The molecule has 0 bridgehead atoms. The Hall–Kier alpha value is -3.47. The van der Waals surface area contributed by atoms with Crippen molar-refractivity contribution in [3.8, 4) is 34.3 Å². The Morgan fingerprint density at radius 2 is 1.34 bits per heavy atom. The van der Waals surface area contributed by atoms with E-state index in [2.05, 4.69) is 0 Å². The molecule has 0 saturated carbocycles. The number of hydrogen-bond donors (Lipinski definition) is 8. The number of benzene rings is 2. The second-order valence-electron chi connectivity index (χ2n) is 10.1. The van der Waals surface area contributed by atoms with Crippen molar-refractivity contribution in [2.24, 2.45) is 0 Å². The van der Waals surface area contributed by atoms with Crippen LogP contribution in [0, 0.1) is 0 Å². The number of phenolic OH excluding ortho intramolecular Hbond substituents is 3. The second kappa shape index (κ2) is 11.1. The molecule has 222 valence electrons. The summed E-state index contributed by atoms with van der Waals surface area (Å²) >= 11 is 0. The van der Waals surface area contributed by atoms with Crippen LogP contribution < -0.4 is 10.2 Å². The molecular formula is C27H30O14. The minimum Gasteiger partial charge on any atom is -0.508 e. The van der Waals surface area contributed by atoms with Gasteiger partial charge >= 0.3 is 0 Å². The van der Waals surface area contributed by atoms with Crippen molar-refractivity contribution < 1.29 is 64.2 Å². The molecule has 2 aliphatic rings. The number of hydrogen-bond acceptors (Lipinski definition) is 14.